The summed E-state index contributed by atoms with van der Waals surface area (Å²) >= 11 is 0. The van der Waals surface area contributed by atoms with E-state index >= 15 is 0 Å². The van der Waals surface area contributed by atoms with E-state index in [1.54, 1.807) is 25.3 Å². The van der Waals surface area contributed by atoms with Crippen LogP contribution in [0, 0.1) is 5.82 Å². The van der Waals surface area contributed by atoms with Gasteiger partial charge in [-0.1, -0.05) is 54.6 Å². The Labute approximate surface area is 233 Å². The topological polar surface area (TPSA) is 94.2 Å². The Morgan fingerprint density at radius 3 is 2.00 bits per heavy atom. The van der Waals surface area contributed by atoms with Gasteiger partial charge in [0.25, 0.3) is 0 Å². The summed E-state index contributed by atoms with van der Waals surface area (Å²) in [4.78, 5) is 13.5. The molecule has 4 aromatic carbocycles. The lowest BCUT2D eigenvalue weighted by molar-refractivity contribution is -0.138. The number of carboxylic acids is 1. The molecule has 0 aliphatic carbocycles. The van der Waals surface area contributed by atoms with Gasteiger partial charge in [-0.3, -0.25) is 9.69 Å². The second kappa shape index (κ2) is 14.1. The maximum Gasteiger partial charge on any atom is 0.320 e. The molecule has 0 unspecified atom stereocenters. The molecule has 8 heteroatoms. The van der Waals surface area contributed by atoms with Crippen molar-refractivity contribution in [1.82, 2.24) is 4.90 Å². The van der Waals surface area contributed by atoms with E-state index < -0.39 is 12.0 Å². The number of nitrogens with zero attached hydrogens (tertiary/aromatic N) is 1. The molecule has 0 radical (unpaired) electrons. The molecule has 0 aliphatic heterocycles. The molecule has 0 aromatic heterocycles. The minimum Gasteiger partial charge on any atom is -0.497 e. The summed E-state index contributed by atoms with van der Waals surface area (Å²) in [5.74, 6) is 1.34. The van der Waals surface area contributed by atoms with Gasteiger partial charge >= 0.3 is 5.97 Å². The quantitative estimate of drug-likeness (QED) is 0.201. The number of halogens is 1. The van der Waals surface area contributed by atoms with E-state index in [9.17, 15) is 14.3 Å². The second-order valence-corrected chi connectivity index (χ2v) is 9.32. The molecule has 40 heavy (non-hydrogen) atoms. The number of ether oxygens (including phenoxy) is 3. The molecule has 0 spiro atoms. The molecule has 1 atom stereocenters. The van der Waals surface area contributed by atoms with Crippen LogP contribution in [0.15, 0.2) is 97.1 Å². The number of methoxy groups -OCH3 is 1. The van der Waals surface area contributed by atoms with Crippen molar-refractivity contribution in [3.63, 3.8) is 0 Å². The van der Waals surface area contributed by atoms with Gasteiger partial charge in [-0.15, -0.1) is 0 Å². The van der Waals surface area contributed by atoms with Crippen LogP contribution in [0.25, 0.3) is 0 Å². The minimum absolute atomic E-state index is 0.0894. The zero-order valence-corrected chi connectivity index (χ0v) is 22.3. The number of hydrogen-bond acceptors (Lipinski definition) is 6. The molecule has 4 rings (SSSR count). The highest BCUT2D eigenvalue weighted by Crippen LogP contribution is 2.29. The van der Waals surface area contributed by atoms with E-state index in [4.69, 9.17) is 19.9 Å². The molecule has 0 amide bonds. The van der Waals surface area contributed by atoms with Crippen molar-refractivity contribution in [2.45, 2.75) is 32.2 Å². The minimum atomic E-state index is -1.04. The number of para-hydroxylation sites is 2. The smallest absolute Gasteiger partial charge is 0.320 e. The normalized spacial score (nSPS) is 11.7. The average molecular weight is 545 g/mol. The van der Waals surface area contributed by atoms with Crippen molar-refractivity contribution >= 4 is 5.97 Å². The summed E-state index contributed by atoms with van der Waals surface area (Å²) in [6.45, 7) is 1.44. The van der Waals surface area contributed by atoms with Crippen LogP contribution >= 0.6 is 0 Å². The Hall–Kier alpha value is -4.40. The maximum atomic E-state index is 14.2. The van der Waals surface area contributed by atoms with Crippen LogP contribution in [0.1, 0.15) is 23.1 Å². The number of carbonyl (C=O) groups is 1. The van der Waals surface area contributed by atoms with E-state index in [-0.39, 0.29) is 18.8 Å². The third-order valence-corrected chi connectivity index (χ3v) is 6.43. The van der Waals surface area contributed by atoms with E-state index in [1.165, 1.54) is 6.07 Å². The summed E-state index contributed by atoms with van der Waals surface area (Å²) < 4.78 is 31.6. The highest BCUT2D eigenvalue weighted by Gasteiger charge is 2.18. The number of hydrogen-bond donors (Lipinski definition) is 2. The Kier molecular flexibility index (Phi) is 10.1. The molecule has 0 saturated carbocycles. The van der Waals surface area contributed by atoms with Gasteiger partial charge in [-0.05, 0) is 48.9 Å². The van der Waals surface area contributed by atoms with Crippen LogP contribution in [0.5, 0.6) is 23.0 Å². The van der Waals surface area contributed by atoms with Gasteiger partial charge in [0.15, 0.2) is 0 Å². The van der Waals surface area contributed by atoms with Crippen molar-refractivity contribution < 1.29 is 28.5 Å². The lowest BCUT2D eigenvalue weighted by Gasteiger charge is -2.25. The summed E-state index contributed by atoms with van der Waals surface area (Å²) in [7, 11) is 1.61. The molecule has 0 heterocycles. The van der Waals surface area contributed by atoms with E-state index in [0.29, 0.717) is 42.4 Å². The van der Waals surface area contributed by atoms with E-state index in [1.807, 2.05) is 72.8 Å². The van der Waals surface area contributed by atoms with Crippen molar-refractivity contribution in [2.24, 2.45) is 5.73 Å². The highest BCUT2D eigenvalue weighted by atomic mass is 19.1. The SMILES string of the molecule is COc1ccc(Oc2ccccc2CN(CC[C@H](N)C(=O)O)Cc2ccccc2OCc2ccccc2F)cc1. The summed E-state index contributed by atoms with van der Waals surface area (Å²) in [6, 6.07) is 28.1. The predicted octanol–water partition coefficient (Wildman–Crippen LogP) is 6.01. The highest BCUT2D eigenvalue weighted by molar-refractivity contribution is 5.73. The van der Waals surface area contributed by atoms with Gasteiger partial charge in [-0.2, -0.15) is 0 Å². The first-order valence-electron chi connectivity index (χ1n) is 13.0. The third kappa shape index (κ3) is 8.05. The first kappa shape index (κ1) is 28.6. The lowest BCUT2D eigenvalue weighted by atomic mass is 10.1. The summed E-state index contributed by atoms with van der Waals surface area (Å²) in [5.41, 5.74) is 8.11. The Bertz CT molecular complexity index is 1400. The molecule has 4 aromatic rings. The van der Waals surface area contributed by atoms with Crippen molar-refractivity contribution in [2.75, 3.05) is 13.7 Å². The van der Waals surface area contributed by atoms with Crippen LogP contribution in [0.3, 0.4) is 0 Å². The van der Waals surface area contributed by atoms with Crippen LogP contribution < -0.4 is 19.9 Å². The number of carboxylic acid groups (broad SMARTS) is 1. The van der Waals surface area contributed by atoms with Crippen molar-refractivity contribution in [3.05, 3.63) is 120 Å². The van der Waals surface area contributed by atoms with Gasteiger partial charge in [0.05, 0.1) is 7.11 Å². The molecule has 0 fully saturated rings. The molecular formula is C32H33FN2O5. The average Bonchev–Trinajstić information content (AvgIpc) is 2.97. The third-order valence-electron chi connectivity index (χ3n) is 6.43. The molecule has 0 saturated heterocycles. The largest absolute Gasteiger partial charge is 0.497 e. The standard InChI is InChI=1S/C32H33FN2O5/c1-38-26-14-16-27(17-15-26)40-31-13-7-4-9-24(31)21-35(19-18-29(34)32(36)37)20-23-8-3-6-12-30(23)39-22-25-10-2-5-11-28(25)33/h2-17,29H,18-22,34H2,1H3,(H,36,37)/t29-/m0/s1. The first-order chi connectivity index (χ1) is 19.4. The predicted molar refractivity (Wildman–Crippen MR) is 151 cm³/mol. The lowest BCUT2D eigenvalue weighted by Crippen LogP contribution is -2.35. The fourth-order valence-corrected chi connectivity index (χ4v) is 4.19. The summed E-state index contributed by atoms with van der Waals surface area (Å²) in [6.07, 6.45) is 0.259. The van der Waals surface area contributed by atoms with Gasteiger partial charge in [0.1, 0.15) is 41.5 Å². The fraction of sp³-hybridized carbons (Fsp3) is 0.219. The first-order valence-corrected chi connectivity index (χ1v) is 13.0. The maximum absolute atomic E-state index is 14.2. The van der Waals surface area contributed by atoms with Crippen LogP contribution in [-0.2, 0) is 24.5 Å². The summed E-state index contributed by atoms with van der Waals surface area (Å²) in [5, 5.41) is 9.34. The van der Waals surface area contributed by atoms with Crippen LogP contribution in [0.2, 0.25) is 0 Å². The van der Waals surface area contributed by atoms with Gasteiger partial charge in [-0.25, -0.2) is 4.39 Å². The fourth-order valence-electron chi connectivity index (χ4n) is 4.19. The Morgan fingerprint density at radius 1 is 0.825 bits per heavy atom. The van der Waals surface area contributed by atoms with Crippen LogP contribution in [0.4, 0.5) is 4.39 Å². The zero-order valence-electron chi connectivity index (χ0n) is 22.3. The number of rotatable bonds is 14. The van der Waals surface area contributed by atoms with E-state index in [0.717, 1.165) is 16.9 Å². The van der Waals surface area contributed by atoms with Gasteiger partial charge in [0.2, 0.25) is 0 Å². The van der Waals surface area contributed by atoms with Crippen molar-refractivity contribution in [1.29, 1.82) is 0 Å². The zero-order chi connectivity index (χ0) is 28.3. The molecule has 0 bridgehead atoms. The number of aliphatic carboxylic acids is 1. The van der Waals surface area contributed by atoms with E-state index in [2.05, 4.69) is 4.90 Å². The Balaban J connectivity index is 1.54. The Morgan fingerprint density at radius 2 is 1.38 bits per heavy atom. The van der Waals surface area contributed by atoms with Crippen molar-refractivity contribution in [3.8, 4) is 23.0 Å². The number of benzene rings is 4. The second-order valence-electron chi connectivity index (χ2n) is 9.32. The molecule has 7 nitrogen and oxygen atoms in total. The number of nitrogens with two attached hydrogens (primary N) is 1. The molecular weight excluding hydrogens is 511 g/mol. The molecule has 208 valence electrons. The van der Waals surface area contributed by atoms with Gasteiger partial charge < -0.3 is 25.1 Å². The monoisotopic (exact) mass is 544 g/mol. The molecule has 0 aliphatic rings. The van der Waals surface area contributed by atoms with Crippen LogP contribution in [-0.4, -0.2) is 35.7 Å². The molecule has 3 N–H and O–H groups in total. The van der Waals surface area contributed by atoms with Gasteiger partial charge in [0, 0.05) is 36.3 Å².